The first kappa shape index (κ1) is 14.6. The van der Waals surface area contributed by atoms with Crippen LogP contribution in [0.25, 0.3) is 0 Å². The van der Waals surface area contributed by atoms with Crippen LogP contribution in [0.4, 0.5) is 5.69 Å². The van der Waals surface area contributed by atoms with E-state index < -0.39 is 0 Å². The van der Waals surface area contributed by atoms with Crippen LogP contribution in [0.2, 0.25) is 0 Å². The molecule has 0 amide bonds. The largest absolute Gasteiger partial charge is 0.466 e. The van der Waals surface area contributed by atoms with E-state index in [0.29, 0.717) is 19.4 Å². The molecule has 0 spiro atoms. The van der Waals surface area contributed by atoms with Crippen LogP contribution in [-0.2, 0) is 16.0 Å². The molecule has 0 heterocycles. The Balaban J connectivity index is 2.28. The average Bonchev–Trinajstić information content (AvgIpc) is 2.26. The van der Waals surface area contributed by atoms with E-state index in [-0.39, 0.29) is 11.4 Å². The van der Waals surface area contributed by atoms with Crippen LogP contribution in [0, 0.1) is 5.41 Å². The van der Waals surface area contributed by atoms with E-state index in [4.69, 9.17) is 10.5 Å². The first-order chi connectivity index (χ1) is 8.38. The Bertz CT molecular complexity index is 394. The molecule has 3 heteroatoms. The Morgan fingerprint density at radius 1 is 1.28 bits per heavy atom. The van der Waals surface area contributed by atoms with E-state index in [9.17, 15) is 4.79 Å². The Kier molecular flexibility index (Phi) is 5.20. The smallest absolute Gasteiger partial charge is 0.306 e. The fraction of sp³-hybridized carbons (Fsp3) is 0.533. The molecule has 100 valence electrons. The normalized spacial score (nSPS) is 11.3. The molecule has 0 atom stereocenters. The monoisotopic (exact) mass is 249 g/mol. The SMILES string of the molecule is CC(C)(C)CCOC(=O)CCc1ccccc1N. The molecule has 1 aromatic carbocycles. The molecule has 0 saturated carbocycles. The molecule has 0 bridgehead atoms. The lowest BCUT2D eigenvalue weighted by Crippen LogP contribution is -2.13. The number of benzene rings is 1. The van der Waals surface area contributed by atoms with E-state index in [1.54, 1.807) is 0 Å². The molecular formula is C15H23NO2. The summed E-state index contributed by atoms with van der Waals surface area (Å²) >= 11 is 0. The van der Waals surface area contributed by atoms with Crippen molar-refractivity contribution >= 4 is 11.7 Å². The van der Waals surface area contributed by atoms with Crippen molar-refractivity contribution in [3.63, 3.8) is 0 Å². The number of rotatable bonds is 5. The number of nitrogen functional groups attached to an aromatic ring is 1. The van der Waals surface area contributed by atoms with Crippen molar-refractivity contribution in [2.45, 2.75) is 40.0 Å². The number of esters is 1. The number of ether oxygens (including phenoxy) is 1. The van der Waals surface area contributed by atoms with Gasteiger partial charge in [-0.05, 0) is 29.9 Å². The van der Waals surface area contributed by atoms with Crippen molar-refractivity contribution in [1.82, 2.24) is 0 Å². The van der Waals surface area contributed by atoms with E-state index in [1.807, 2.05) is 24.3 Å². The molecule has 2 N–H and O–H groups in total. The third-order valence-corrected chi connectivity index (χ3v) is 2.77. The summed E-state index contributed by atoms with van der Waals surface area (Å²) in [6.07, 6.45) is 1.91. The van der Waals surface area contributed by atoms with Crippen LogP contribution >= 0.6 is 0 Å². The number of hydrogen-bond donors (Lipinski definition) is 1. The second kappa shape index (κ2) is 6.43. The number of para-hydroxylation sites is 1. The molecular weight excluding hydrogens is 226 g/mol. The molecule has 3 nitrogen and oxygen atoms in total. The fourth-order valence-electron chi connectivity index (χ4n) is 1.54. The van der Waals surface area contributed by atoms with Crippen molar-refractivity contribution < 1.29 is 9.53 Å². The van der Waals surface area contributed by atoms with Gasteiger partial charge in [0, 0.05) is 12.1 Å². The summed E-state index contributed by atoms with van der Waals surface area (Å²) in [6, 6.07) is 7.61. The van der Waals surface area contributed by atoms with Gasteiger partial charge in [-0.25, -0.2) is 0 Å². The Hall–Kier alpha value is -1.51. The lowest BCUT2D eigenvalue weighted by molar-refractivity contribution is -0.144. The molecule has 18 heavy (non-hydrogen) atoms. The highest BCUT2D eigenvalue weighted by Crippen LogP contribution is 2.18. The second-order valence-corrected chi connectivity index (χ2v) is 5.73. The quantitative estimate of drug-likeness (QED) is 0.644. The van der Waals surface area contributed by atoms with E-state index in [2.05, 4.69) is 20.8 Å². The third-order valence-electron chi connectivity index (χ3n) is 2.77. The molecule has 0 aliphatic heterocycles. The van der Waals surface area contributed by atoms with Crippen LogP contribution in [-0.4, -0.2) is 12.6 Å². The van der Waals surface area contributed by atoms with Crippen molar-refractivity contribution in [3.8, 4) is 0 Å². The van der Waals surface area contributed by atoms with Gasteiger partial charge in [-0.3, -0.25) is 4.79 Å². The van der Waals surface area contributed by atoms with Gasteiger partial charge < -0.3 is 10.5 Å². The molecule has 0 unspecified atom stereocenters. The van der Waals surface area contributed by atoms with Crippen LogP contribution in [0.5, 0.6) is 0 Å². The lowest BCUT2D eigenvalue weighted by atomic mass is 9.93. The highest BCUT2D eigenvalue weighted by atomic mass is 16.5. The summed E-state index contributed by atoms with van der Waals surface area (Å²) in [6.45, 7) is 6.88. The van der Waals surface area contributed by atoms with Crippen LogP contribution in [0.3, 0.4) is 0 Å². The Morgan fingerprint density at radius 3 is 2.56 bits per heavy atom. The van der Waals surface area contributed by atoms with Crippen molar-refractivity contribution in [2.24, 2.45) is 5.41 Å². The summed E-state index contributed by atoms with van der Waals surface area (Å²) in [5.74, 6) is -0.150. The summed E-state index contributed by atoms with van der Waals surface area (Å²) in [7, 11) is 0. The number of anilines is 1. The zero-order chi connectivity index (χ0) is 13.6. The standard InChI is InChI=1S/C15H23NO2/c1-15(2,3)10-11-18-14(17)9-8-12-6-4-5-7-13(12)16/h4-7H,8-11,16H2,1-3H3. The maximum Gasteiger partial charge on any atom is 0.306 e. The van der Waals surface area contributed by atoms with Gasteiger partial charge >= 0.3 is 5.97 Å². The first-order valence-corrected chi connectivity index (χ1v) is 6.37. The molecule has 0 saturated heterocycles. The van der Waals surface area contributed by atoms with Crippen LogP contribution < -0.4 is 5.73 Å². The molecule has 0 radical (unpaired) electrons. The zero-order valence-electron chi connectivity index (χ0n) is 11.5. The van der Waals surface area contributed by atoms with Crippen molar-refractivity contribution in [3.05, 3.63) is 29.8 Å². The number of hydrogen-bond acceptors (Lipinski definition) is 3. The molecule has 0 fully saturated rings. The second-order valence-electron chi connectivity index (χ2n) is 5.73. The highest BCUT2D eigenvalue weighted by molar-refractivity contribution is 5.70. The van der Waals surface area contributed by atoms with Gasteiger partial charge in [-0.2, -0.15) is 0 Å². The third kappa shape index (κ3) is 5.71. The van der Waals surface area contributed by atoms with E-state index in [1.165, 1.54) is 0 Å². The number of nitrogens with two attached hydrogens (primary N) is 1. The van der Waals surface area contributed by atoms with Gasteiger partial charge in [0.1, 0.15) is 0 Å². The van der Waals surface area contributed by atoms with Crippen LogP contribution in [0.15, 0.2) is 24.3 Å². The number of aryl methyl sites for hydroxylation is 1. The van der Waals surface area contributed by atoms with E-state index >= 15 is 0 Å². The summed E-state index contributed by atoms with van der Waals surface area (Å²) in [5.41, 5.74) is 7.75. The van der Waals surface area contributed by atoms with Crippen molar-refractivity contribution in [1.29, 1.82) is 0 Å². The molecule has 1 aromatic rings. The predicted octanol–water partition coefficient (Wildman–Crippen LogP) is 3.18. The topological polar surface area (TPSA) is 52.3 Å². The number of carbonyl (C=O) groups is 1. The van der Waals surface area contributed by atoms with Gasteiger partial charge in [0.05, 0.1) is 6.61 Å². The molecule has 0 aliphatic rings. The maximum atomic E-state index is 11.6. The van der Waals surface area contributed by atoms with Gasteiger partial charge in [0.15, 0.2) is 0 Å². The fourth-order valence-corrected chi connectivity index (χ4v) is 1.54. The predicted molar refractivity (Wildman–Crippen MR) is 74.2 cm³/mol. The zero-order valence-corrected chi connectivity index (χ0v) is 11.5. The van der Waals surface area contributed by atoms with Gasteiger partial charge in [-0.1, -0.05) is 39.0 Å². The Morgan fingerprint density at radius 2 is 1.94 bits per heavy atom. The molecule has 0 aliphatic carbocycles. The van der Waals surface area contributed by atoms with Gasteiger partial charge in [-0.15, -0.1) is 0 Å². The maximum absolute atomic E-state index is 11.6. The molecule has 1 rings (SSSR count). The summed E-state index contributed by atoms with van der Waals surface area (Å²) < 4.78 is 5.20. The highest BCUT2D eigenvalue weighted by Gasteiger charge is 2.11. The van der Waals surface area contributed by atoms with E-state index in [0.717, 1.165) is 17.7 Å². The van der Waals surface area contributed by atoms with Gasteiger partial charge in [0.25, 0.3) is 0 Å². The summed E-state index contributed by atoms with van der Waals surface area (Å²) in [5, 5.41) is 0. The summed E-state index contributed by atoms with van der Waals surface area (Å²) in [4.78, 5) is 11.6. The average molecular weight is 249 g/mol. The first-order valence-electron chi connectivity index (χ1n) is 6.37. The van der Waals surface area contributed by atoms with Gasteiger partial charge in [0.2, 0.25) is 0 Å². The van der Waals surface area contributed by atoms with Crippen LogP contribution in [0.1, 0.15) is 39.2 Å². The minimum absolute atomic E-state index is 0.150. The Labute approximate surface area is 109 Å². The lowest BCUT2D eigenvalue weighted by Gasteiger charge is -2.17. The minimum Gasteiger partial charge on any atom is -0.466 e. The molecule has 0 aromatic heterocycles. The minimum atomic E-state index is -0.150. The van der Waals surface area contributed by atoms with Crippen molar-refractivity contribution in [2.75, 3.05) is 12.3 Å². The number of carbonyl (C=O) groups excluding carboxylic acids is 1.